The summed E-state index contributed by atoms with van der Waals surface area (Å²) in [5.41, 5.74) is 11.9. The number of hydrogen-bond acceptors (Lipinski definition) is 3. The number of thioether (sulfide) groups is 1. The highest BCUT2D eigenvalue weighted by atomic mass is 32.2. The summed E-state index contributed by atoms with van der Waals surface area (Å²) in [7, 11) is 0. The summed E-state index contributed by atoms with van der Waals surface area (Å²) in [6, 6.07) is 7.87. The van der Waals surface area contributed by atoms with E-state index in [2.05, 4.69) is 6.08 Å². The summed E-state index contributed by atoms with van der Waals surface area (Å²) in [5, 5.41) is 0. The Kier molecular flexibility index (Phi) is 4.43. The molecule has 0 amide bonds. The first-order valence-electron chi connectivity index (χ1n) is 4.17. The van der Waals surface area contributed by atoms with E-state index in [1.54, 1.807) is 11.8 Å². The van der Waals surface area contributed by atoms with Crippen molar-refractivity contribution >= 4 is 17.4 Å². The molecule has 0 saturated heterocycles. The fourth-order valence-corrected chi connectivity index (χ4v) is 1.74. The van der Waals surface area contributed by atoms with Gasteiger partial charge in [0.05, 0.1) is 0 Å². The summed E-state index contributed by atoms with van der Waals surface area (Å²) >= 11 is 1.72. The monoisotopic (exact) mass is 194 g/mol. The molecule has 0 saturated carbocycles. The summed E-state index contributed by atoms with van der Waals surface area (Å²) in [5.74, 6) is 0.922. The zero-order valence-corrected chi connectivity index (χ0v) is 8.26. The topological polar surface area (TPSA) is 52.0 Å². The molecule has 1 aromatic rings. The molecule has 4 N–H and O–H groups in total. The number of anilines is 1. The molecule has 0 aliphatic carbocycles. The van der Waals surface area contributed by atoms with Gasteiger partial charge in [-0.25, -0.2) is 0 Å². The lowest BCUT2D eigenvalue weighted by atomic mass is 10.3. The lowest BCUT2D eigenvalue weighted by Gasteiger charge is -2.01. The standard InChI is InChI=1S/C10H14N2S/c11-7-3-4-8-13-10-6-2-1-5-9(10)12/h1-6H,7-8,11-12H2/b4-3+. The predicted octanol–water partition coefficient (Wildman–Crippen LogP) is 1.88. The molecule has 0 aliphatic rings. The van der Waals surface area contributed by atoms with Crippen LogP contribution in [0.2, 0.25) is 0 Å². The lowest BCUT2D eigenvalue weighted by molar-refractivity contribution is 1.25. The van der Waals surface area contributed by atoms with Crippen molar-refractivity contribution in [1.29, 1.82) is 0 Å². The first-order chi connectivity index (χ1) is 6.34. The molecule has 0 heterocycles. The van der Waals surface area contributed by atoms with Gasteiger partial charge < -0.3 is 11.5 Å². The van der Waals surface area contributed by atoms with Crippen molar-refractivity contribution in [2.24, 2.45) is 5.73 Å². The van der Waals surface area contributed by atoms with Crippen LogP contribution in [0, 0.1) is 0 Å². The van der Waals surface area contributed by atoms with Gasteiger partial charge in [0, 0.05) is 22.9 Å². The first kappa shape index (κ1) is 10.2. The third kappa shape index (κ3) is 3.53. The van der Waals surface area contributed by atoms with Crippen molar-refractivity contribution in [2.75, 3.05) is 18.0 Å². The van der Waals surface area contributed by atoms with E-state index in [1.165, 1.54) is 0 Å². The maximum Gasteiger partial charge on any atom is 0.0452 e. The van der Waals surface area contributed by atoms with Crippen LogP contribution in [0.15, 0.2) is 41.3 Å². The molecule has 0 spiro atoms. The highest BCUT2D eigenvalue weighted by Crippen LogP contribution is 2.23. The molecule has 0 fully saturated rings. The third-order valence-corrected chi connectivity index (χ3v) is 2.60. The van der Waals surface area contributed by atoms with Gasteiger partial charge in [-0.15, -0.1) is 11.8 Å². The maximum absolute atomic E-state index is 5.77. The van der Waals surface area contributed by atoms with E-state index in [0.717, 1.165) is 16.3 Å². The molecule has 0 atom stereocenters. The Morgan fingerprint density at radius 2 is 2.00 bits per heavy atom. The molecule has 70 valence electrons. The van der Waals surface area contributed by atoms with Gasteiger partial charge in [-0.3, -0.25) is 0 Å². The largest absolute Gasteiger partial charge is 0.398 e. The smallest absolute Gasteiger partial charge is 0.0452 e. The summed E-state index contributed by atoms with van der Waals surface area (Å²) in [6.07, 6.45) is 4.00. The Balaban J connectivity index is 2.45. The third-order valence-electron chi connectivity index (χ3n) is 1.56. The second kappa shape index (κ2) is 5.67. The van der Waals surface area contributed by atoms with Crippen LogP contribution in [0.25, 0.3) is 0 Å². The Labute approximate surface area is 83.0 Å². The summed E-state index contributed by atoms with van der Waals surface area (Å²) < 4.78 is 0. The lowest BCUT2D eigenvalue weighted by Crippen LogP contribution is -1.92. The number of benzene rings is 1. The van der Waals surface area contributed by atoms with Crippen LogP contribution in [0.1, 0.15) is 0 Å². The van der Waals surface area contributed by atoms with Crippen LogP contribution in [-0.4, -0.2) is 12.3 Å². The van der Waals surface area contributed by atoms with Gasteiger partial charge in [0.15, 0.2) is 0 Å². The molecule has 0 bridgehead atoms. The van der Waals surface area contributed by atoms with Gasteiger partial charge in [0.2, 0.25) is 0 Å². The van der Waals surface area contributed by atoms with Crippen LogP contribution >= 0.6 is 11.8 Å². The van der Waals surface area contributed by atoms with Crippen molar-refractivity contribution in [3.63, 3.8) is 0 Å². The van der Waals surface area contributed by atoms with E-state index in [1.807, 2.05) is 30.3 Å². The van der Waals surface area contributed by atoms with Crippen molar-refractivity contribution < 1.29 is 0 Å². The highest BCUT2D eigenvalue weighted by molar-refractivity contribution is 7.99. The predicted molar refractivity (Wildman–Crippen MR) is 59.8 cm³/mol. The Morgan fingerprint density at radius 1 is 1.23 bits per heavy atom. The number of nitrogens with two attached hydrogens (primary N) is 2. The van der Waals surface area contributed by atoms with Gasteiger partial charge in [-0.1, -0.05) is 24.3 Å². The molecule has 0 aliphatic heterocycles. The quantitative estimate of drug-likeness (QED) is 0.437. The molecular formula is C10H14N2S. The first-order valence-corrected chi connectivity index (χ1v) is 5.15. The van der Waals surface area contributed by atoms with Gasteiger partial charge in [-0.05, 0) is 12.1 Å². The van der Waals surface area contributed by atoms with E-state index < -0.39 is 0 Å². The van der Waals surface area contributed by atoms with Crippen LogP contribution < -0.4 is 11.5 Å². The summed E-state index contributed by atoms with van der Waals surface area (Å²) in [4.78, 5) is 1.13. The van der Waals surface area contributed by atoms with Crippen molar-refractivity contribution in [3.05, 3.63) is 36.4 Å². The summed E-state index contributed by atoms with van der Waals surface area (Å²) in [6.45, 7) is 0.602. The normalized spacial score (nSPS) is 10.8. The maximum atomic E-state index is 5.77. The molecule has 3 heteroatoms. The highest BCUT2D eigenvalue weighted by Gasteiger charge is 1.95. The number of rotatable bonds is 4. The second-order valence-electron chi connectivity index (χ2n) is 2.56. The molecule has 1 aromatic carbocycles. The van der Waals surface area contributed by atoms with E-state index in [4.69, 9.17) is 11.5 Å². The van der Waals surface area contributed by atoms with Crippen molar-refractivity contribution in [2.45, 2.75) is 4.90 Å². The fraction of sp³-hybridized carbons (Fsp3) is 0.200. The minimum Gasteiger partial charge on any atom is -0.398 e. The second-order valence-corrected chi connectivity index (χ2v) is 3.62. The average Bonchev–Trinajstić information content (AvgIpc) is 2.15. The number of nitrogen functional groups attached to an aromatic ring is 1. The minimum atomic E-state index is 0.602. The van der Waals surface area contributed by atoms with Gasteiger partial charge in [-0.2, -0.15) is 0 Å². The molecule has 1 rings (SSSR count). The average molecular weight is 194 g/mol. The Bertz CT molecular complexity index is 284. The van der Waals surface area contributed by atoms with E-state index in [0.29, 0.717) is 6.54 Å². The van der Waals surface area contributed by atoms with E-state index in [9.17, 15) is 0 Å². The van der Waals surface area contributed by atoms with Crippen molar-refractivity contribution in [3.8, 4) is 0 Å². The Morgan fingerprint density at radius 3 is 2.69 bits per heavy atom. The molecule has 0 radical (unpaired) electrons. The number of para-hydroxylation sites is 1. The van der Waals surface area contributed by atoms with Gasteiger partial charge in [0.25, 0.3) is 0 Å². The fourth-order valence-electron chi connectivity index (χ4n) is 0.914. The zero-order valence-electron chi connectivity index (χ0n) is 7.44. The molecule has 2 nitrogen and oxygen atoms in total. The minimum absolute atomic E-state index is 0.602. The van der Waals surface area contributed by atoms with E-state index in [-0.39, 0.29) is 0 Å². The van der Waals surface area contributed by atoms with Gasteiger partial charge >= 0.3 is 0 Å². The van der Waals surface area contributed by atoms with Gasteiger partial charge in [0.1, 0.15) is 0 Å². The van der Waals surface area contributed by atoms with Crippen LogP contribution in [0.4, 0.5) is 5.69 Å². The molecule has 0 unspecified atom stereocenters. The van der Waals surface area contributed by atoms with E-state index >= 15 is 0 Å². The molecule has 13 heavy (non-hydrogen) atoms. The Hall–Kier alpha value is -0.930. The molecule has 0 aromatic heterocycles. The zero-order chi connectivity index (χ0) is 9.52. The van der Waals surface area contributed by atoms with Crippen LogP contribution in [0.3, 0.4) is 0 Å². The molecular weight excluding hydrogens is 180 g/mol. The van der Waals surface area contributed by atoms with Crippen LogP contribution in [0.5, 0.6) is 0 Å². The number of hydrogen-bond donors (Lipinski definition) is 2. The van der Waals surface area contributed by atoms with Crippen molar-refractivity contribution in [1.82, 2.24) is 0 Å². The SMILES string of the molecule is NC/C=C/CSc1ccccc1N. The van der Waals surface area contributed by atoms with Crippen LogP contribution in [-0.2, 0) is 0 Å².